The number of rotatable bonds is 6. The average Bonchev–Trinajstić information content (AvgIpc) is 2.59. The minimum atomic E-state index is -0.543. The topological polar surface area (TPSA) is 38.3 Å². The number of hydrogen-bond donors (Lipinski definition) is 1. The second-order valence-corrected chi connectivity index (χ2v) is 7.41. The molecule has 134 valence electrons. The van der Waals surface area contributed by atoms with Gasteiger partial charge < -0.3 is 10.1 Å². The first-order valence-electron chi connectivity index (χ1n) is 8.93. The molecule has 3 nitrogen and oxygen atoms in total. The summed E-state index contributed by atoms with van der Waals surface area (Å²) in [7, 11) is 0. The van der Waals surface area contributed by atoms with Crippen molar-refractivity contribution in [3.05, 3.63) is 65.7 Å². The third-order valence-corrected chi connectivity index (χ3v) is 4.33. The lowest BCUT2D eigenvalue weighted by Crippen LogP contribution is -2.38. The summed E-state index contributed by atoms with van der Waals surface area (Å²) in [6, 6.07) is 18.0. The van der Waals surface area contributed by atoms with Gasteiger partial charge in [0.15, 0.2) is 6.10 Å². The summed E-state index contributed by atoms with van der Waals surface area (Å²) in [4.78, 5) is 12.5. The highest BCUT2D eigenvalue weighted by molar-refractivity contribution is 5.81. The van der Waals surface area contributed by atoms with Crippen LogP contribution < -0.4 is 10.1 Å². The summed E-state index contributed by atoms with van der Waals surface area (Å²) in [5.41, 5.74) is 2.46. The van der Waals surface area contributed by atoms with Gasteiger partial charge in [0.1, 0.15) is 5.75 Å². The van der Waals surface area contributed by atoms with Gasteiger partial charge in [0.25, 0.3) is 5.91 Å². The Morgan fingerprint density at radius 2 is 1.64 bits per heavy atom. The molecule has 0 fully saturated rings. The molecule has 0 aliphatic carbocycles. The SMILES string of the molecule is CC[C@H](NC(=O)[C@H](C)Oc1ccc(C(C)(C)C)cc1)c1ccccc1. The van der Waals surface area contributed by atoms with Crippen LogP contribution in [0.1, 0.15) is 58.2 Å². The van der Waals surface area contributed by atoms with Crippen molar-refractivity contribution in [1.29, 1.82) is 0 Å². The molecule has 2 aromatic carbocycles. The van der Waals surface area contributed by atoms with Crippen LogP contribution >= 0.6 is 0 Å². The lowest BCUT2D eigenvalue weighted by Gasteiger charge is -2.22. The standard InChI is InChI=1S/C22H29NO2/c1-6-20(17-10-8-7-9-11-17)23-21(24)16(2)25-19-14-12-18(13-15-19)22(3,4)5/h7-16,20H,6H2,1-5H3,(H,23,24)/t16-,20-/m0/s1. The number of nitrogens with one attached hydrogen (secondary N) is 1. The summed E-state index contributed by atoms with van der Waals surface area (Å²) >= 11 is 0. The molecule has 0 unspecified atom stereocenters. The number of carbonyl (C=O) groups excluding carboxylic acids is 1. The Labute approximate surface area is 151 Å². The van der Waals surface area contributed by atoms with Crippen LogP contribution in [-0.2, 0) is 10.2 Å². The minimum absolute atomic E-state index is 0.00279. The number of benzene rings is 2. The monoisotopic (exact) mass is 339 g/mol. The van der Waals surface area contributed by atoms with Crippen LogP contribution in [0.2, 0.25) is 0 Å². The van der Waals surface area contributed by atoms with E-state index in [1.807, 2.05) is 42.5 Å². The highest BCUT2D eigenvalue weighted by atomic mass is 16.5. The first-order chi connectivity index (χ1) is 11.8. The van der Waals surface area contributed by atoms with Crippen LogP contribution in [0.5, 0.6) is 5.75 Å². The van der Waals surface area contributed by atoms with Crippen molar-refractivity contribution in [1.82, 2.24) is 5.32 Å². The number of ether oxygens (including phenoxy) is 1. The van der Waals surface area contributed by atoms with Gasteiger partial charge in [-0.25, -0.2) is 0 Å². The van der Waals surface area contributed by atoms with Gasteiger partial charge in [0.05, 0.1) is 6.04 Å². The second kappa shape index (κ2) is 8.19. The molecule has 0 heterocycles. The molecule has 1 amide bonds. The van der Waals surface area contributed by atoms with E-state index in [0.29, 0.717) is 5.75 Å². The van der Waals surface area contributed by atoms with Gasteiger partial charge in [-0.3, -0.25) is 4.79 Å². The summed E-state index contributed by atoms with van der Waals surface area (Å²) in [6.07, 6.45) is 0.293. The fraction of sp³-hybridized carbons (Fsp3) is 0.409. The minimum Gasteiger partial charge on any atom is -0.481 e. The second-order valence-electron chi connectivity index (χ2n) is 7.41. The van der Waals surface area contributed by atoms with Gasteiger partial charge in [-0.1, -0.05) is 70.2 Å². The van der Waals surface area contributed by atoms with Crippen molar-refractivity contribution in [2.75, 3.05) is 0 Å². The molecule has 0 spiro atoms. The predicted molar refractivity (Wildman–Crippen MR) is 103 cm³/mol. The molecular weight excluding hydrogens is 310 g/mol. The Balaban J connectivity index is 1.98. The van der Waals surface area contributed by atoms with E-state index in [1.165, 1.54) is 5.56 Å². The summed E-state index contributed by atoms with van der Waals surface area (Å²) in [5, 5.41) is 3.07. The average molecular weight is 339 g/mol. The summed E-state index contributed by atoms with van der Waals surface area (Å²) in [5.74, 6) is 0.610. The summed E-state index contributed by atoms with van der Waals surface area (Å²) < 4.78 is 5.81. The van der Waals surface area contributed by atoms with Crippen molar-refractivity contribution in [2.24, 2.45) is 0 Å². The quantitative estimate of drug-likeness (QED) is 0.802. The van der Waals surface area contributed by atoms with Crippen LogP contribution in [-0.4, -0.2) is 12.0 Å². The molecule has 2 atom stereocenters. The van der Waals surface area contributed by atoms with Crippen LogP contribution in [0, 0.1) is 0 Å². The molecular formula is C22H29NO2. The van der Waals surface area contributed by atoms with Crippen molar-refractivity contribution < 1.29 is 9.53 Å². The van der Waals surface area contributed by atoms with E-state index in [2.05, 4.69) is 45.1 Å². The van der Waals surface area contributed by atoms with Gasteiger partial charge in [0, 0.05) is 0 Å². The van der Waals surface area contributed by atoms with Gasteiger partial charge in [-0.2, -0.15) is 0 Å². The van der Waals surface area contributed by atoms with Crippen LogP contribution in [0.25, 0.3) is 0 Å². The largest absolute Gasteiger partial charge is 0.481 e. The van der Waals surface area contributed by atoms with Crippen molar-refractivity contribution in [3.63, 3.8) is 0 Å². The number of amides is 1. The van der Waals surface area contributed by atoms with Crippen LogP contribution in [0.15, 0.2) is 54.6 Å². The third-order valence-electron chi connectivity index (χ3n) is 4.33. The molecule has 3 heteroatoms. The lowest BCUT2D eigenvalue weighted by molar-refractivity contribution is -0.128. The molecule has 0 radical (unpaired) electrons. The molecule has 1 N–H and O–H groups in total. The Hall–Kier alpha value is -2.29. The zero-order valence-corrected chi connectivity index (χ0v) is 15.9. The highest BCUT2D eigenvalue weighted by Gasteiger charge is 2.20. The third kappa shape index (κ3) is 5.35. The van der Waals surface area contributed by atoms with E-state index in [1.54, 1.807) is 6.92 Å². The molecule has 0 bridgehead atoms. The van der Waals surface area contributed by atoms with E-state index in [-0.39, 0.29) is 17.4 Å². The number of hydrogen-bond acceptors (Lipinski definition) is 2. The fourth-order valence-corrected chi connectivity index (χ4v) is 2.69. The van der Waals surface area contributed by atoms with Crippen molar-refractivity contribution >= 4 is 5.91 Å². The maximum Gasteiger partial charge on any atom is 0.261 e. The van der Waals surface area contributed by atoms with Gasteiger partial charge in [-0.05, 0) is 42.0 Å². The van der Waals surface area contributed by atoms with Crippen LogP contribution in [0.3, 0.4) is 0 Å². The predicted octanol–water partition coefficient (Wildman–Crippen LogP) is 5.02. The molecule has 0 aliphatic heterocycles. The lowest BCUT2D eigenvalue weighted by atomic mass is 9.87. The fourth-order valence-electron chi connectivity index (χ4n) is 2.69. The van der Waals surface area contributed by atoms with Gasteiger partial charge in [0.2, 0.25) is 0 Å². The zero-order chi connectivity index (χ0) is 18.4. The first-order valence-corrected chi connectivity index (χ1v) is 8.93. The molecule has 2 aromatic rings. The van der Waals surface area contributed by atoms with E-state index < -0.39 is 6.10 Å². The zero-order valence-electron chi connectivity index (χ0n) is 15.9. The Kier molecular flexibility index (Phi) is 6.24. The maximum absolute atomic E-state index is 12.5. The van der Waals surface area contributed by atoms with Crippen LogP contribution in [0.4, 0.5) is 0 Å². The highest BCUT2D eigenvalue weighted by Crippen LogP contribution is 2.25. The molecule has 2 rings (SSSR count). The van der Waals surface area contributed by atoms with Gasteiger partial charge >= 0.3 is 0 Å². The van der Waals surface area contributed by atoms with E-state index >= 15 is 0 Å². The Morgan fingerprint density at radius 1 is 1.04 bits per heavy atom. The van der Waals surface area contributed by atoms with E-state index in [4.69, 9.17) is 4.74 Å². The van der Waals surface area contributed by atoms with Gasteiger partial charge in [-0.15, -0.1) is 0 Å². The summed E-state index contributed by atoms with van der Waals surface area (Å²) in [6.45, 7) is 10.4. The Bertz CT molecular complexity index is 671. The molecule has 0 saturated carbocycles. The maximum atomic E-state index is 12.5. The first kappa shape index (κ1) is 19.0. The normalized spacial score (nSPS) is 13.8. The Morgan fingerprint density at radius 3 is 2.16 bits per heavy atom. The molecule has 0 aromatic heterocycles. The van der Waals surface area contributed by atoms with Crippen molar-refractivity contribution in [2.45, 2.75) is 58.6 Å². The molecule has 0 saturated heterocycles. The van der Waals surface area contributed by atoms with E-state index in [0.717, 1.165) is 12.0 Å². The van der Waals surface area contributed by atoms with Crippen molar-refractivity contribution in [3.8, 4) is 5.75 Å². The van der Waals surface area contributed by atoms with E-state index in [9.17, 15) is 4.79 Å². The molecule has 0 aliphatic rings. The number of carbonyl (C=O) groups is 1. The molecule has 25 heavy (non-hydrogen) atoms. The smallest absolute Gasteiger partial charge is 0.261 e.